The number of anilines is 2. The minimum atomic E-state index is -0.0270. The van der Waals surface area contributed by atoms with Gasteiger partial charge < -0.3 is 10.4 Å². The average molecular weight is 388 g/mol. The van der Waals surface area contributed by atoms with Gasteiger partial charge in [-0.1, -0.05) is 42.5 Å². The lowest BCUT2D eigenvalue weighted by Crippen LogP contribution is -2.06. The lowest BCUT2D eigenvalue weighted by molar-refractivity contribution is 0.475. The van der Waals surface area contributed by atoms with Gasteiger partial charge in [-0.25, -0.2) is 4.98 Å². The van der Waals surface area contributed by atoms with Crippen LogP contribution in [0.4, 0.5) is 10.9 Å². The molecule has 2 aromatic carbocycles. The van der Waals surface area contributed by atoms with Crippen LogP contribution in [0.25, 0.3) is 15.9 Å². The van der Waals surface area contributed by atoms with E-state index in [1.54, 1.807) is 28.0 Å². The smallest absolute Gasteiger partial charge is 0.189 e. The number of hydrogen-bond acceptors (Lipinski definition) is 7. The largest absolute Gasteiger partial charge is 0.508 e. The highest BCUT2D eigenvalue weighted by Gasteiger charge is 2.17. The summed E-state index contributed by atoms with van der Waals surface area (Å²) in [5.74, 6) is 1.61. The summed E-state index contributed by atoms with van der Waals surface area (Å²) in [6.45, 7) is 2.04. The van der Waals surface area contributed by atoms with E-state index in [1.165, 1.54) is 0 Å². The fourth-order valence-electron chi connectivity index (χ4n) is 3.09. The van der Waals surface area contributed by atoms with E-state index in [0.717, 1.165) is 26.7 Å². The second-order valence-electron chi connectivity index (χ2n) is 6.47. The summed E-state index contributed by atoms with van der Waals surface area (Å²) in [7, 11) is 0. The zero-order chi connectivity index (χ0) is 19.1. The van der Waals surface area contributed by atoms with Crippen LogP contribution in [0, 0.1) is 0 Å². The van der Waals surface area contributed by atoms with Crippen LogP contribution in [0.1, 0.15) is 24.2 Å². The third-order valence-electron chi connectivity index (χ3n) is 4.60. The molecule has 28 heavy (non-hydrogen) atoms. The Morgan fingerprint density at radius 2 is 1.82 bits per heavy atom. The molecule has 7 nitrogen and oxygen atoms in total. The fourth-order valence-corrected chi connectivity index (χ4v) is 3.96. The summed E-state index contributed by atoms with van der Waals surface area (Å²) in [5, 5.41) is 26.8. The highest BCUT2D eigenvalue weighted by atomic mass is 32.1. The number of aromatic nitrogens is 5. The van der Waals surface area contributed by atoms with Gasteiger partial charge in [-0.15, -0.1) is 15.3 Å². The van der Waals surface area contributed by atoms with Gasteiger partial charge in [0.15, 0.2) is 22.4 Å². The summed E-state index contributed by atoms with van der Waals surface area (Å²) in [4.78, 5) is 4.59. The van der Waals surface area contributed by atoms with Crippen LogP contribution in [-0.2, 0) is 0 Å². The van der Waals surface area contributed by atoms with Crippen molar-refractivity contribution < 1.29 is 5.11 Å². The normalized spacial score (nSPS) is 12.5. The van der Waals surface area contributed by atoms with Crippen molar-refractivity contribution in [3.8, 4) is 5.75 Å². The van der Waals surface area contributed by atoms with Crippen LogP contribution in [-0.4, -0.2) is 29.9 Å². The molecule has 138 valence electrons. The number of fused-ring (bicyclic) bond motifs is 2. The van der Waals surface area contributed by atoms with Gasteiger partial charge in [0.25, 0.3) is 0 Å². The van der Waals surface area contributed by atoms with E-state index in [1.807, 2.05) is 55.5 Å². The van der Waals surface area contributed by atoms with Crippen molar-refractivity contribution in [1.82, 2.24) is 24.8 Å². The number of aromatic hydroxyl groups is 1. The van der Waals surface area contributed by atoms with E-state index in [-0.39, 0.29) is 11.7 Å². The van der Waals surface area contributed by atoms with Crippen molar-refractivity contribution in [3.05, 3.63) is 72.1 Å². The first-order chi connectivity index (χ1) is 13.7. The Labute approximate surface area is 164 Å². The van der Waals surface area contributed by atoms with Gasteiger partial charge in [-0.2, -0.15) is 4.52 Å². The number of benzene rings is 2. The first-order valence-corrected chi connectivity index (χ1v) is 9.63. The van der Waals surface area contributed by atoms with Crippen molar-refractivity contribution >= 4 is 38.2 Å². The molecule has 0 aliphatic heterocycles. The molecule has 0 bridgehead atoms. The third-order valence-corrected chi connectivity index (χ3v) is 5.55. The number of rotatable bonds is 4. The van der Waals surface area contributed by atoms with Crippen LogP contribution >= 0.6 is 11.3 Å². The molecule has 0 saturated carbocycles. The SMILES string of the molecule is C[C@@H](c1ccc(O)cc1)c1nnc2ccc(Nc3nc4ccccc4s3)nn12. The quantitative estimate of drug-likeness (QED) is 0.476. The second-order valence-corrected chi connectivity index (χ2v) is 7.50. The second kappa shape index (κ2) is 6.58. The fraction of sp³-hybridized carbons (Fsp3) is 0.100. The summed E-state index contributed by atoms with van der Waals surface area (Å²) < 4.78 is 2.87. The number of phenolic OH excluding ortho intramolecular Hbond substituents is 1. The molecule has 5 rings (SSSR count). The predicted octanol–water partition coefficient (Wildman–Crippen LogP) is 4.34. The van der Waals surface area contributed by atoms with Crippen LogP contribution in [0.5, 0.6) is 5.75 Å². The van der Waals surface area contributed by atoms with E-state index in [2.05, 4.69) is 25.6 Å². The standard InChI is InChI=1S/C20H16N6OS/c1-12(13-6-8-14(27)9-7-13)19-24-23-18-11-10-17(25-26(18)19)22-20-21-15-4-2-3-5-16(15)28-20/h2-12,27H,1H3,(H,21,22,25)/t12-/m0/s1. The lowest BCUT2D eigenvalue weighted by atomic mass is 10.0. The van der Waals surface area contributed by atoms with Gasteiger partial charge in [-0.05, 0) is 42.0 Å². The maximum absolute atomic E-state index is 9.51. The summed E-state index contributed by atoms with van der Waals surface area (Å²) in [6, 6.07) is 18.9. The van der Waals surface area contributed by atoms with Gasteiger partial charge in [0.2, 0.25) is 0 Å². The molecule has 0 saturated heterocycles. The zero-order valence-corrected chi connectivity index (χ0v) is 15.8. The van der Waals surface area contributed by atoms with E-state index >= 15 is 0 Å². The maximum Gasteiger partial charge on any atom is 0.189 e. The molecule has 8 heteroatoms. The molecule has 0 spiro atoms. The van der Waals surface area contributed by atoms with Crippen molar-refractivity contribution in [1.29, 1.82) is 0 Å². The Kier molecular flexibility index (Phi) is 3.91. The summed E-state index contributed by atoms with van der Waals surface area (Å²) >= 11 is 1.58. The molecule has 0 aliphatic rings. The van der Waals surface area contributed by atoms with Gasteiger partial charge in [0.05, 0.1) is 10.2 Å². The van der Waals surface area contributed by atoms with Crippen LogP contribution < -0.4 is 5.32 Å². The molecule has 2 N–H and O–H groups in total. The number of hydrogen-bond donors (Lipinski definition) is 2. The molecule has 0 amide bonds. The Balaban J connectivity index is 1.49. The van der Waals surface area contributed by atoms with Crippen molar-refractivity contribution in [2.75, 3.05) is 5.32 Å². The Morgan fingerprint density at radius 1 is 1.00 bits per heavy atom. The first kappa shape index (κ1) is 16.6. The number of nitrogens with zero attached hydrogens (tertiary/aromatic N) is 5. The number of para-hydroxylation sites is 1. The number of phenols is 1. The van der Waals surface area contributed by atoms with Crippen LogP contribution in [0.2, 0.25) is 0 Å². The van der Waals surface area contributed by atoms with E-state index in [4.69, 9.17) is 0 Å². The Hall–Kier alpha value is -3.52. The van der Waals surface area contributed by atoms with E-state index < -0.39 is 0 Å². The molecule has 0 aliphatic carbocycles. The van der Waals surface area contributed by atoms with E-state index in [9.17, 15) is 5.11 Å². The molecule has 3 aromatic heterocycles. The van der Waals surface area contributed by atoms with Crippen LogP contribution in [0.15, 0.2) is 60.7 Å². The first-order valence-electron chi connectivity index (χ1n) is 8.81. The molecule has 0 unspecified atom stereocenters. The third kappa shape index (κ3) is 2.93. The molecule has 0 radical (unpaired) electrons. The minimum Gasteiger partial charge on any atom is -0.508 e. The monoisotopic (exact) mass is 388 g/mol. The number of nitrogens with one attached hydrogen (secondary N) is 1. The van der Waals surface area contributed by atoms with E-state index in [0.29, 0.717) is 11.5 Å². The molecular formula is C20H16N6OS. The van der Waals surface area contributed by atoms with Crippen LogP contribution in [0.3, 0.4) is 0 Å². The van der Waals surface area contributed by atoms with Crippen molar-refractivity contribution in [2.45, 2.75) is 12.8 Å². The molecule has 3 heterocycles. The maximum atomic E-state index is 9.51. The molecule has 1 atom stereocenters. The Morgan fingerprint density at radius 3 is 2.64 bits per heavy atom. The highest BCUT2D eigenvalue weighted by molar-refractivity contribution is 7.22. The topological polar surface area (TPSA) is 88.2 Å². The highest BCUT2D eigenvalue weighted by Crippen LogP contribution is 2.28. The zero-order valence-electron chi connectivity index (χ0n) is 14.9. The van der Waals surface area contributed by atoms with Gasteiger partial charge in [-0.3, -0.25) is 0 Å². The molecular weight excluding hydrogens is 372 g/mol. The predicted molar refractivity (Wildman–Crippen MR) is 109 cm³/mol. The van der Waals surface area contributed by atoms with Gasteiger partial charge >= 0.3 is 0 Å². The lowest BCUT2D eigenvalue weighted by Gasteiger charge is -2.10. The molecule has 0 fully saturated rings. The average Bonchev–Trinajstić information content (AvgIpc) is 3.31. The molecule has 5 aromatic rings. The van der Waals surface area contributed by atoms with Gasteiger partial charge in [0, 0.05) is 5.92 Å². The summed E-state index contributed by atoms with van der Waals surface area (Å²) in [6.07, 6.45) is 0. The van der Waals surface area contributed by atoms with Crippen molar-refractivity contribution in [3.63, 3.8) is 0 Å². The number of thiazole rings is 1. The Bertz CT molecular complexity index is 1240. The van der Waals surface area contributed by atoms with Crippen molar-refractivity contribution in [2.24, 2.45) is 0 Å². The minimum absolute atomic E-state index is 0.0270. The summed E-state index contributed by atoms with van der Waals surface area (Å²) in [5.41, 5.74) is 2.66. The van der Waals surface area contributed by atoms with Gasteiger partial charge in [0.1, 0.15) is 5.75 Å².